The molecule has 1 aliphatic carbocycles. The van der Waals surface area contributed by atoms with Gasteiger partial charge in [-0.25, -0.2) is 9.59 Å². The second-order valence-corrected chi connectivity index (χ2v) is 12.7. The zero-order chi connectivity index (χ0) is 32.5. The third-order valence-electron chi connectivity index (χ3n) is 8.35. The lowest BCUT2D eigenvalue weighted by atomic mass is 9.77. The summed E-state index contributed by atoms with van der Waals surface area (Å²) >= 11 is 8.59. The molecule has 5 atom stereocenters. The molecule has 1 saturated carbocycles. The van der Waals surface area contributed by atoms with Gasteiger partial charge in [0.05, 0.1) is 38.8 Å². The van der Waals surface area contributed by atoms with Gasteiger partial charge in [-0.05, 0) is 59.9 Å². The van der Waals surface area contributed by atoms with Gasteiger partial charge in [0, 0.05) is 35.1 Å². The van der Waals surface area contributed by atoms with Gasteiger partial charge >= 0.3 is 11.9 Å². The highest BCUT2D eigenvalue weighted by Crippen LogP contribution is 2.58. The van der Waals surface area contributed by atoms with Crippen LogP contribution in [-0.4, -0.2) is 39.5 Å². The van der Waals surface area contributed by atoms with E-state index < -0.39 is 27.2 Å². The van der Waals surface area contributed by atoms with Gasteiger partial charge in [-0.2, -0.15) is 0 Å². The quantitative estimate of drug-likeness (QED) is 0.0660. The number of hydrogen-bond donors (Lipinski definition) is 1. The molecule has 11 nitrogen and oxygen atoms in total. The summed E-state index contributed by atoms with van der Waals surface area (Å²) in [6.45, 7) is 0. The Morgan fingerprint density at radius 2 is 1.63 bits per heavy atom. The monoisotopic (exact) mass is 659 g/mol. The number of nitrogens with zero attached hydrogens (tertiary/aromatic N) is 2. The highest BCUT2D eigenvalue weighted by molar-refractivity contribution is 8.00. The zero-order valence-electron chi connectivity index (χ0n) is 24.2. The number of carbonyl (C=O) groups excluding carboxylic acids is 2. The third-order valence-corrected chi connectivity index (χ3v) is 10.5. The molecule has 1 heterocycles. The predicted octanol–water partition coefficient (Wildman–Crippen LogP) is 7.55. The van der Waals surface area contributed by atoms with E-state index in [-0.39, 0.29) is 51.4 Å². The van der Waals surface area contributed by atoms with Crippen LogP contribution in [0.4, 0.5) is 17.1 Å². The summed E-state index contributed by atoms with van der Waals surface area (Å²) < 4.78 is 10.4. The molecule has 0 bridgehead atoms. The van der Waals surface area contributed by atoms with Gasteiger partial charge in [0.2, 0.25) is 0 Å². The number of rotatable bonds is 8. The number of carbonyl (C=O) groups is 2. The standard InChI is InChI=1S/C33H26ClN3O8S/c1-44-33(39)21-6-2-4-8-26(21)45-32(38)19-12-15-24-22(16-19)29-23(31(35-24)18-10-13-20(14-11-18)36(40)41)17-28(30(29)34)46-27-9-5-3-7-25(27)37(42)43/h2-16,23,28-31,35H,17H2,1H3/t23-,28-,29-,30-,31-/m0/s1. The van der Waals surface area contributed by atoms with E-state index in [1.165, 1.54) is 49.2 Å². The van der Waals surface area contributed by atoms with Gasteiger partial charge in [-0.1, -0.05) is 36.4 Å². The van der Waals surface area contributed by atoms with Gasteiger partial charge in [0.25, 0.3) is 11.4 Å². The number of para-hydroxylation sites is 2. The van der Waals surface area contributed by atoms with E-state index >= 15 is 0 Å². The fourth-order valence-corrected chi connectivity index (χ4v) is 8.18. The summed E-state index contributed by atoms with van der Waals surface area (Å²) in [6, 6.07) is 24.0. The SMILES string of the molecule is COC(=O)c1ccccc1OC(=O)c1ccc2c(c1)[C@@H]1[C@@H](Cl)[C@@H](Sc3ccccc3[N+](=O)[O-])C[C@@H]1[C@H](c1ccc([N+](=O)[O-])cc1)N2. The first-order valence-corrected chi connectivity index (χ1v) is 15.6. The van der Waals surface area contributed by atoms with Crippen LogP contribution in [0, 0.1) is 26.1 Å². The Labute approximate surface area is 272 Å². The topological polar surface area (TPSA) is 151 Å². The van der Waals surface area contributed by atoms with Crippen molar-refractivity contribution in [3.05, 3.63) is 133 Å². The predicted molar refractivity (Wildman–Crippen MR) is 172 cm³/mol. The van der Waals surface area contributed by atoms with E-state index in [2.05, 4.69) is 5.32 Å². The van der Waals surface area contributed by atoms with Crippen LogP contribution in [0.3, 0.4) is 0 Å². The van der Waals surface area contributed by atoms with Crippen molar-refractivity contribution in [2.24, 2.45) is 5.92 Å². The van der Waals surface area contributed by atoms with E-state index in [9.17, 15) is 29.8 Å². The Hall–Kier alpha value is -4.94. The number of non-ortho nitro benzene ring substituents is 1. The normalized spacial score (nSPS) is 21.3. The van der Waals surface area contributed by atoms with Crippen LogP contribution in [0.1, 0.15) is 50.2 Å². The van der Waals surface area contributed by atoms with Crippen molar-refractivity contribution in [1.82, 2.24) is 0 Å². The molecule has 46 heavy (non-hydrogen) atoms. The summed E-state index contributed by atoms with van der Waals surface area (Å²) in [5.41, 5.74) is 2.66. The first kappa shape index (κ1) is 31.1. The van der Waals surface area contributed by atoms with Crippen LogP contribution in [0.15, 0.2) is 95.9 Å². The molecule has 4 aromatic rings. The molecule has 6 rings (SSSR count). The minimum atomic E-state index is -0.678. The highest BCUT2D eigenvalue weighted by atomic mass is 35.5. The molecule has 1 N–H and O–H groups in total. The van der Waals surface area contributed by atoms with Crippen molar-refractivity contribution < 1.29 is 28.9 Å². The molecular weight excluding hydrogens is 634 g/mol. The highest BCUT2D eigenvalue weighted by Gasteiger charge is 2.50. The molecular formula is C33H26ClN3O8S. The maximum Gasteiger partial charge on any atom is 0.343 e. The number of esters is 2. The minimum Gasteiger partial charge on any atom is -0.465 e. The Kier molecular flexibility index (Phi) is 8.65. The smallest absolute Gasteiger partial charge is 0.343 e. The fourth-order valence-electron chi connectivity index (χ4n) is 6.24. The van der Waals surface area contributed by atoms with Crippen LogP contribution in [0.25, 0.3) is 0 Å². The van der Waals surface area contributed by atoms with Crippen molar-refractivity contribution in [1.29, 1.82) is 0 Å². The molecule has 4 aromatic carbocycles. The number of anilines is 1. The molecule has 0 amide bonds. The van der Waals surface area contributed by atoms with E-state index in [4.69, 9.17) is 21.1 Å². The Balaban J connectivity index is 1.36. The number of alkyl halides is 1. The third kappa shape index (κ3) is 5.88. The van der Waals surface area contributed by atoms with Crippen molar-refractivity contribution in [2.75, 3.05) is 12.4 Å². The summed E-state index contributed by atoms with van der Waals surface area (Å²) in [7, 11) is 1.24. The average Bonchev–Trinajstić information content (AvgIpc) is 3.39. The largest absolute Gasteiger partial charge is 0.465 e. The van der Waals surface area contributed by atoms with Crippen molar-refractivity contribution in [2.45, 2.75) is 33.9 Å². The summed E-state index contributed by atoms with van der Waals surface area (Å²) in [5, 5.41) is 25.9. The molecule has 2 aliphatic rings. The average molecular weight is 660 g/mol. The molecule has 1 aliphatic heterocycles. The Morgan fingerprint density at radius 1 is 0.913 bits per heavy atom. The number of thioether (sulfide) groups is 1. The maximum absolute atomic E-state index is 13.4. The van der Waals surface area contributed by atoms with Crippen LogP contribution >= 0.6 is 23.4 Å². The number of nitrogens with one attached hydrogen (secondary N) is 1. The molecule has 0 saturated heterocycles. The second-order valence-electron chi connectivity index (χ2n) is 10.9. The number of nitro benzene ring substituents is 2. The minimum absolute atomic E-state index is 0.00560. The molecule has 0 unspecified atom stereocenters. The Bertz CT molecular complexity index is 1850. The molecule has 1 fully saturated rings. The van der Waals surface area contributed by atoms with E-state index in [1.807, 2.05) is 0 Å². The number of methoxy groups -OCH3 is 1. The number of ether oxygens (including phenoxy) is 2. The summed E-state index contributed by atoms with van der Waals surface area (Å²) in [5.74, 6) is -1.67. The van der Waals surface area contributed by atoms with Crippen LogP contribution < -0.4 is 10.1 Å². The lowest BCUT2D eigenvalue weighted by Crippen LogP contribution is -2.31. The second kappa shape index (κ2) is 12.8. The lowest BCUT2D eigenvalue weighted by Gasteiger charge is -2.38. The first-order valence-electron chi connectivity index (χ1n) is 14.2. The number of nitro groups is 2. The van der Waals surface area contributed by atoms with Gasteiger partial charge in [0.15, 0.2) is 0 Å². The van der Waals surface area contributed by atoms with Gasteiger partial charge in [-0.3, -0.25) is 20.2 Å². The number of halogens is 1. The van der Waals surface area contributed by atoms with Crippen molar-refractivity contribution in [3.8, 4) is 5.75 Å². The van der Waals surface area contributed by atoms with E-state index in [0.717, 1.165) is 16.8 Å². The summed E-state index contributed by atoms with van der Waals surface area (Å²) in [4.78, 5) is 48.3. The van der Waals surface area contributed by atoms with E-state index in [1.54, 1.807) is 60.7 Å². The maximum atomic E-state index is 13.4. The van der Waals surface area contributed by atoms with E-state index in [0.29, 0.717) is 11.3 Å². The van der Waals surface area contributed by atoms with Gasteiger partial charge in [-0.15, -0.1) is 23.4 Å². The number of hydrogen-bond acceptors (Lipinski definition) is 10. The number of fused-ring (bicyclic) bond motifs is 3. The molecule has 0 spiro atoms. The fraction of sp³-hybridized carbons (Fsp3) is 0.212. The molecule has 0 aromatic heterocycles. The van der Waals surface area contributed by atoms with Crippen LogP contribution in [0.5, 0.6) is 5.75 Å². The summed E-state index contributed by atoms with van der Waals surface area (Å²) in [6.07, 6.45) is 0.574. The number of benzene rings is 4. The van der Waals surface area contributed by atoms with Crippen molar-refractivity contribution >= 4 is 52.4 Å². The molecule has 234 valence electrons. The zero-order valence-corrected chi connectivity index (χ0v) is 25.8. The van der Waals surface area contributed by atoms with Crippen molar-refractivity contribution in [3.63, 3.8) is 0 Å². The van der Waals surface area contributed by atoms with Crippen LogP contribution in [0.2, 0.25) is 0 Å². The first-order chi connectivity index (χ1) is 22.2. The molecule has 0 radical (unpaired) electrons. The molecule has 13 heteroatoms. The van der Waals surface area contributed by atoms with Gasteiger partial charge in [0.1, 0.15) is 11.3 Å². The lowest BCUT2D eigenvalue weighted by molar-refractivity contribution is -0.387. The Morgan fingerprint density at radius 3 is 2.35 bits per heavy atom. The van der Waals surface area contributed by atoms with Crippen LogP contribution in [-0.2, 0) is 4.74 Å². The van der Waals surface area contributed by atoms with Gasteiger partial charge < -0.3 is 14.8 Å².